The van der Waals surface area contributed by atoms with Crippen LogP contribution in [0.4, 0.5) is 0 Å². The number of aryl methyl sites for hydroxylation is 2. The van der Waals surface area contributed by atoms with Crippen LogP contribution in [-0.2, 0) is 16.6 Å². The molecule has 3 aromatic rings. The Morgan fingerprint density at radius 3 is 2.68 bits per heavy atom. The monoisotopic (exact) mass is 371 g/mol. The van der Waals surface area contributed by atoms with E-state index >= 15 is 0 Å². The molecule has 0 aliphatic carbocycles. The molecule has 0 saturated heterocycles. The number of thiazole rings is 2. The van der Waals surface area contributed by atoms with Gasteiger partial charge in [-0.1, -0.05) is 6.07 Å². The Bertz CT molecular complexity index is 878. The van der Waals surface area contributed by atoms with Crippen molar-refractivity contribution < 1.29 is 8.42 Å². The summed E-state index contributed by atoms with van der Waals surface area (Å²) in [6, 6.07) is 3.97. The van der Waals surface area contributed by atoms with E-state index in [1.165, 1.54) is 22.7 Å². The van der Waals surface area contributed by atoms with Crippen LogP contribution >= 0.6 is 34.0 Å². The lowest BCUT2D eigenvalue weighted by molar-refractivity contribution is 0.582. The molecule has 0 atom stereocenters. The van der Waals surface area contributed by atoms with Gasteiger partial charge >= 0.3 is 0 Å². The van der Waals surface area contributed by atoms with E-state index in [0.29, 0.717) is 5.69 Å². The normalized spacial score (nSPS) is 11.9. The van der Waals surface area contributed by atoms with Crippen molar-refractivity contribution in [1.29, 1.82) is 0 Å². The van der Waals surface area contributed by atoms with Gasteiger partial charge in [0.05, 0.1) is 27.8 Å². The highest BCUT2D eigenvalue weighted by Crippen LogP contribution is 2.28. The van der Waals surface area contributed by atoms with Crippen molar-refractivity contribution in [3.05, 3.63) is 39.3 Å². The predicted octanol–water partition coefficient (Wildman–Crippen LogP) is 3.42. The van der Waals surface area contributed by atoms with Gasteiger partial charge in [0.25, 0.3) is 10.0 Å². The molecule has 0 spiro atoms. The van der Waals surface area contributed by atoms with Crippen molar-refractivity contribution in [3.63, 3.8) is 0 Å². The molecule has 0 aliphatic rings. The number of aromatic nitrogens is 2. The first-order chi connectivity index (χ1) is 10.5. The molecule has 1 N–H and O–H groups in total. The molecule has 3 aromatic heterocycles. The topological polar surface area (TPSA) is 72.0 Å². The standard InChI is InChI=1S/C13H13N3O2S4/c1-8-13(21-9(2)15-8)22(17,18)14-6-10-7-20-12(16-10)11-4-3-5-19-11/h3-5,7,14H,6H2,1-2H3. The number of hydrogen-bond donors (Lipinski definition) is 1. The fourth-order valence-corrected chi connectivity index (χ4v) is 6.06. The lowest BCUT2D eigenvalue weighted by Gasteiger charge is -2.03. The first kappa shape index (κ1) is 15.8. The molecule has 22 heavy (non-hydrogen) atoms. The van der Waals surface area contributed by atoms with Crippen molar-refractivity contribution >= 4 is 44.0 Å². The van der Waals surface area contributed by atoms with Gasteiger partial charge in [0.1, 0.15) is 5.01 Å². The van der Waals surface area contributed by atoms with Crippen LogP contribution in [0.3, 0.4) is 0 Å². The molecule has 0 bridgehead atoms. The second-order valence-corrected chi connectivity index (χ2v) is 9.52. The van der Waals surface area contributed by atoms with E-state index < -0.39 is 10.0 Å². The number of hydrogen-bond acceptors (Lipinski definition) is 7. The summed E-state index contributed by atoms with van der Waals surface area (Å²) < 4.78 is 27.5. The minimum atomic E-state index is -3.54. The zero-order valence-corrected chi connectivity index (χ0v) is 15.1. The highest BCUT2D eigenvalue weighted by Gasteiger charge is 2.21. The highest BCUT2D eigenvalue weighted by molar-refractivity contribution is 7.91. The van der Waals surface area contributed by atoms with Crippen molar-refractivity contribution in [3.8, 4) is 9.88 Å². The molecule has 0 saturated carbocycles. The molecule has 0 radical (unpaired) electrons. The third kappa shape index (κ3) is 3.28. The first-order valence-electron chi connectivity index (χ1n) is 6.38. The summed E-state index contributed by atoms with van der Waals surface area (Å²) in [6.07, 6.45) is 0. The Balaban J connectivity index is 1.74. The number of sulfonamides is 1. The Hall–Kier alpha value is -1.13. The summed E-state index contributed by atoms with van der Waals surface area (Å²) in [6.45, 7) is 3.68. The van der Waals surface area contributed by atoms with Gasteiger partial charge in [-0.3, -0.25) is 0 Å². The van der Waals surface area contributed by atoms with Gasteiger partial charge in [0.2, 0.25) is 0 Å². The third-order valence-electron chi connectivity index (χ3n) is 2.83. The molecule has 0 aliphatic heterocycles. The number of thiophene rings is 1. The van der Waals surface area contributed by atoms with Crippen molar-refractivity contribution in [2.45, 2.75) is 24.6 Å². The molecule has 3 rings (SSSR count). The van der Waals surface area contributed by atoms with Crippen molar-refractivity contribution in [2.24, 2.45) is 0 Å². The van der Waals surface area contributed by atoms with E-state index in [2.05, 4.69) is 14.7 Å². The molecule has 0 aromatic carbocycles. The number of rotatable bonds is 5. The van der Waals surface area contributed by atoms with Crippen LogP contribution in [0.1, 0.15) is 16.4 Å². The van der Waals surface area contributed by atoms with Crippen LogP contribution < -0.4 is 4.72 Å². The Labute approximate surface area is 140 Å². The van der Waals surface area contributed by atoms with Gasteiger partial charge in [-0.15, -0.1) is 34.0 Å². The predicted molar refractivity (Wildman–Crippen MR) is 91.0 cm³/mol. The van der Waals surface area contributed by atoms with Crippen LogP contribution in [0, 0.1) is 13.8 Å². The molecular formula is C13H13N3O2S4. The molecule has 9 heteroatoms. The fraction of sp³-hybridized carbons (Fsp3) is 0.231. The molecule has 0 unspecified atom stereocenters. The maximum Gasteiger partial charge on any atom is 0.252 e. The zero-order valence-electron chi connectivity index (χ0n) is 11.9. The average molecular weight is 372 g/mol. The number of nitrogens with zero attached hydrogens (tertiary/aromatic N) is 2. The molecule has 5 nitrogen and oxygen atoms in total. The second-order valence-electron chi connectivity index (χ2n) is 4.55. The lowest BCUT2D eigenvalue weighted by atomic mass is 10.4. The smallest absolute Gasteiger partial charge is 0.245 e. The Kier molecular flexibility index (Phi) is 4.42. The van der Waals surface area contributed by atoms with E-state index in [1.807, 2.05) is 22.9 Å². The average Bonchev–Trinajstić information content (AvgIpc) is 3.16. The summed E-state index contributed by atoms with van der Waals surface area (Å²) in [5.41, 5.74) is 1.25. The van der Waals surface area contributed by atoms with Crippen LogP contribution in [0.15, 0.2) is 27.1 Å². The SMILES string of the molecule is Cc1nc(C)c(S(=O)(=O)NCc2csc(-c3cccs3)n2)s1. The van der Waals surface area contributed by atoms with Crippen molar-refractivity contribution in [2.75, 3.05) is 0 Å². The van der Waals surface area contributed by atoms with Crippen molar-refractivity contribution in [1.82, 2.24) is 14.7 Å². The van der Waals surface area contributed by atoms with Crippen LogP contribution in [0.2, 0.25) is 0 Å². The maximum atomic E-state index is 12.3. The zero-order chi connectivity index (χ0) is 15.7. The second kappa shape index (κ2) is 6.17. The summed E-state index contributed by atoms with van der Waals surface area (Å²) in [5, 5.41) is 5.52. The van der Waals surface area contributed by atoms with Gasteiger partial charge in [0, 0.05) is 5.38 Å². The van der Waals surface area contributed by atoms with Crippen LogP contribution in [-0.4, -0.2) is 18.4 Å². The minimum absolute atomic E-state index is 0.181. The highest BCUT2D eigenvalue weighted by atomic mass is 32.2. The van der Waals surface area contributed by atoms with E-state index in [-0.39, 0.29) is 10.8 Å². The van der Waals surface area contributed by atoms with Gasteiger partial charge in [0.15, 0.2) is 4.21 Å². The van der Waals surface area contributed by atoms with Gasteiger partial charge in [-0.25, -0.2) is 23.1 Å². The van der Waals surface area contributed by atoms with Gasteiger partial charge < -0.3 is 0 Å². The first-order valence-corrected chi connectivity index (χ1v) is 10.4. The molecular weight excluding hydrogens is 358 g/mol. The maximum absolute atomic E-state index is 12.3. The lowest BCUT2D eigenvalue weighted by Crippen LogP contribution is -2.23. The van der Waals surface area contributed by atoms with E-state index in [0.717, 1.165) is 20.6 Å². The molecule has 0 fully saturated rings. The summed E-state index contributed by atoms with van der Waals surface area (Å²) in [4.78, 5) is 9.72. The minimum Gasteiger partial charge on any atom is -0.245 e. The van der Waals surface area contributed by atoms with E-state index in [4.69, 9.17) is 0 Å². The fourth-order valence-electron chi connectivity index (χ4n) is 1.90. The summed E-state index contributed by atoms with van der Waals surface area (Å²) in [5.74, 6) is 0. The molecule has 116 valence electrons. The summed E-state index contributed by atoms with van der Waals surface area (Å²) in [7, 11) is -3.54. The van der Waals surface area contributed by atoms with E-state index in [9.17, 15) is 8.42 Å². The molecule has 0 amide bonds. The van der Waals surface area contributed by atoms with Gasteiger partial charge in [-0.2, -0.15) is 0 Å². The van der Waals surface area contributed by atoms with Crippen LogP contribution in [0.5, 0.6) is 0 Å². The summed E-state index contributed by atoms with van der Waals surface area (Å²) >= 11 is 4.31. The number of nitrogens with one attached hydrogen (secondary N) is 1. The van der Waals surface area contributed by atoms with Gasteiger partial charge in [-0.05, 0) is 25.3 Å². The van der Waals surface area contributed by atoms with Crippen LogP contribution in [0.25, 0.3) is 9.88 Å². The quantitative estimate of drug-likeness (QED) is 0.746. The Morgan fingerprint density at radius 1 is 1.23 bits per heavy atom. The Morgan fingerprint density at radius 2 is 2.05 bits per heavy atom. The molecule has 3 heterocycles. The largest absolute Gasteiger partial charge is 0.252 e. The van der Waals surface area contributed by atoms with E-state index in [1.54, 1.807) is 25.2 Å². The third-order valence-corrected chi connectivity index (χ3v) is 7.85.